The molecule has 0 heterocycles. The number of rotatable bonds is 4. The highest BCUT2D eigenvalue weighted by Gasteiger charge is 2.13. The molecule has 4 nitrogen and oxygen atoms in total. The van der Waals surface area contributed by atoms with Gasteiger partial charge in [0.2, 0.25) is 0 Å². The SMILES string of the molecule is CC(Oc1cc(C(=O)N(C)C)ccc1N)c1ccccc1. The molecule has 2 aromatic carbocycles. The molecule has 0 aliphatic heterocycles. The zero-order chi connectivity index (χ0) is 15.4. The maximum atomic E-state index is 12.0. The molecule has 4 heteroatoms. The Labute approximate surface area is 125 Å². The van der Waals surface area contributed by atoms with Crippen molar-refractivity contribution >= 4 is 11.6 Å². The Bertz CT molecular complexity index is 624. The quantitative estimate of drug-likeness (QED) is 0.878. The molecule has 2 rings (SSSR count). The van der Waals surface area contributed by atoms with Gasteiger partial charge < -0.3 is 15.4 Å². The molecule has 1 amide bonds. The van der Waals surface area contributed by atoms with Crippen molar-refractivity contribution in [1.82, 2.24) is 4.90 Å². The summed E-state index contributed by atoms with van der Waals surface area (Å²) in [5.74, 6) is 0.450. The molecular weight excluding hydrogens is 264 g/mol. The van der Waals surface area contributed by atoms with Gasteiger partial charge in [0.1, 0.15) is 11.9 Å². The average Bonchev–Trinajstić information content (AvgIpc) is 2.49. The lowest BCUT2D eigenvalue weighted by molar-refractivity contribution is 0.0827. The number of carbonyl (C=O) groups excluding carboxylic acids is 1. The molecule has 2 N–H and O–H groups in total. The Morgan fingerprint density at radius 3 is 2.43 bits per heavy atom. The molecule has 0 aliphatic carbocycles. The van der Waals surface area contributed by atoms with Gasteiger partial charge in [-0.2, -0.15) is 0 Å². The predicted octanol–water partition coefficient (Wildman–Crippen LogP) is 3.11. The lowest BCUT2D eigenvalue weighted by atomic mass is 10.1. The molecule has 21 heavy (non-hydrogen) atoms. The monoisotopic (exact) mass is 284 g/mol. The standard InChI is InChI=1S/C17H20N2O2/c1-12(13-7-5-4-6-8-13)21-16-11-14(9-10-15(16)18)17(20)19(2)3/h4-12H,18H2,1-3H3. The molecule has 0 spiro atoms. The molecule has 0 fully saturated rings. The van der Waals surface area contributed by atoms with Crippen molar-refractivity contribution < 1.29 is 9.53 Å². The Morgan fingerprint density at radius 1 is 1.14 bits per heavy atom. The maximum absolute atomic E-state index is 12.0. The molecular formula is C17H20N2O2. The number of hydrogen-bond acceptors (Lipinski definition) is 3. The van der Waals surface area contributed by atoms with Gasteiger partial charge in [0.15, 0.2) is 0 Å². The minimum absolute atomic E-state index is 0.0767. The van der Waals surface area contributed by atoms with Gasteiger partial charge >= 0.3 is 0 Å². The topological polar surface area (TPSA) is 55.6 Å². The minimum atomic E-state index is -0.141. The van der Waals surface area contributed by atoms with Crippen LogP contribution in [0.5, 0.6) is 5.75 Å². The van der Waals surface area contributed by atoms with E-state index in [2.05, 4.69) is 0 Å². The van der Waals surface area contributed by atoms with Crippen LogP contribution in [0.4, 0.5) is 5.69 Å². The summed E-state index contributed by atoms with van der Waals surface area (Å²) in [6.45, 7) is 1.95. The summed E-state index contributed by atoms with van der Waals surface area (Å²) >= 11 is 0. The Hall–Kier alpha value is -2.49. The first kappa shape index (κ1) is 14.9. The van der Waals surface area contributed by atoms with Crippen LogP contribution < -0.4 is 10.5 Å². The molecule has 0 bridgehead atoms. The fraction of sp³-hybridized carbons (Fsp3) is 0.235. The highest BCUT2D eigenvalue weighted by molar-refractivity contribution is 5.94. The number of nitrogen functional groups attached to an aromatic ring is 1. The van der Waals surface area contributed by atoms with Crippen LogP contribution in [0.2, 0.25) is 0 Å². The number of carbonyl (C=O) groups is 1. The summed E-state index contributed by atoms with van der Waals surface area (Å²) in [5.41, 5.74) is 8.08. The van der Waals surface area contributed by atoms with E-state index in [0.717, 1.165) is 5.56 Å². The van der Waals surface area contributed by atoms with E-state index in [0.29, 0.717) is 17.0 Å². The third-order valence-corrected chi connectivity index (χ3v) is 3.24. The number of ether oxygens (including phenoxy) is 1. The fourth-order valence-corrected chi connectivity index (χ4v) is 2.01. The van der Waals surface area contributed by atoms with E-state index in [1.807, 2.05) is 37.3 Å². The van der Waals surface area contributed by atoms with Crippen molar-refractivity contribution in [2.24, 2.45) is 0 Å². The molecule has 0 aliphatic rings. The number of nitrogens with two attached hydrogens (primary N) is 1. The van der Waals surface area contributed by atoms with E-state index in [1.165, 1.54) is 4.90 Å². The second-order valence-electron chi connectivity index (χ2n) is 5.12. The molecule has 1 atom stereocenters. The smallest absolute Gasteiger partial charge is 0.253 e. The van der Waals surface area contributed by atoms with Gasteiger partial charge in [-0.3, -0.25) is 4.79 Å². The molecule has 0 saturated heterocycles. The normalized spacial score (nSPS) is 11.8. The van der Waals surface area contributed by atoms with Gasteiger partial charge in [0.05, 0.1) is 5.69 Å². The summed E-state index contributed by atoms with van der Waals surface area (Å²) < 4.78 is 5.91. The van der Waals surface area contributed by atoms with Gasteiger partial charge in [0, 0.05) is 19.7 Å². The summed E-state index contributed by atoms with van der Waals surface area (Å²) in [4.78, 5) is 13.5. The van der Waals surface area contributed by atoms with E-state index in [-0.39, 0.29) is 12.0 Å². The number of hydrogen-bond donors (Lipinski definition) is 1. The summed E-state index contributed by atoms with van der Waals surface area (Å²) in [7, 11) is 3.43. The zero-order valence-corrected chi connectivity index (χ0v) is 12.5. The molecule has 2 aromatic rings. The third-order valence-electron chi connectivity index (χ3n) is 3.24. The van der Waals surface area contributed by atoms with Crippen LogP contribution in [0, 0.1) is 0 Å². The Kier molecular flexibility index (Phi) is 4.48. The molecule has 0 aromatic heterocycles. The summed E-state index contributed by atoms with van der Waals surface area (Å²) in [5, 5.41) is 0. The van der Waals surface area contributed by atoms with E-state index < -0.39 is 0 Å². The third kappa shape index (κ3) is 3.54. The van der Waals surface area contributed by atoms with Gasteiger partial charge in [-0.25, -0.2) is 0 Å². The van der Waals surface area contributed by atoms with E-state index in [1.54, 1.807) is 32.3 Å². The number of amides is 1. The van der Waals surface area contributed by atoms with E-state index in [9.17, 15) is 4.79 Å². The molecule has 0 radical (unpaired) electrons. The van der Waals surface area contributed by atoms with Crippen LogP contribution in [0.25, 0.3) is 0 Å². The minimum Gasteiger partial charge on any atom is -0.484 e. The van der Waals surface area contributed by atoms with Crippen molar-refractivity contribution in [1.29, 1.82) is 0 Å². The Morgan fingerprint density at radius 2 is 1.81 bits per heavy atom. The highest BCUT2D eigenvalue weighted by Crippen LogP contribution is 2.28. The van der Waals surface area contributed by atoms with Crippen LogP contribution in [0.15, 0.2) is 48.5 Å². The summed E-state index contributed by atoms with van der Waals surface area (Å²) in [6.07, 6.45) is -0.141. The number of benzene rings is 2. The van der Waals surface area contributed by atoms with Gasteiger partial charge in [-0.05, 0) is 30.7 Å². The number of nitrogens with zero attached hydrogens (tertiary/aromatic N) is 1. The zero-order valence-electron chi connectivity index (χ0n) is 12.5. The van der Waals surface area contributed by atoms with Gasteiger partial charge in [-0.15, -0.1) is 0 Å². The van der Waals surface area contributed by atoms with Crippen LogP contribution in [-0.2, 0) is 0 Å². The summed E-state index contributed by atoms with van der Waals surface area (Å²) in [6, 6.07) is 15.0. The van der Waals surface area contributed by atoms with Crippen molar-refractivity contribution in [3.05, 3.63) is 59.7 Å². The van der Waals surface area contributed by atoms with Gasteiger partial charge in [-0.1, -0.05) is 30.3 Å². The largest absolute Gasteiger partial charge is 0.484 e. The van der Waals surface area contributed by atoms with Crippen molar-refractivity contribution in [2.45, 2.75) is 13.0 Å². The first-order valence-electron chi connectivity index (χ1n) is 6.82. The first-order valence-corrected chi connectivity index (χ1v) is 6.82. The second-order valence-corrected chi connectivity index (χ2v) is 5.12. The fourth-order valence-electron chi connectivity index (χ4n) is 2.01. The molecule has 0 saturated carbocycles. The number of anilines is 1. The van der Waals surface area contributed by atoms with Crippen LogP contribution in [0.3, 0.4) is 0 Å². The average molecular weight is 284 g/mol. The molecule has 1 unspecified atom stereocenters. The van der Waals surface area contributed by atoms with Gasteiger partial charge in [0.25, 0.3) is 5.91 Å². The lowest BCUT2D eigenvalue weighted by Crippen LogP contribution is -2.21. The lowest BCUT2D eigenvalue weighted by Gasteiger charge is -2.18. The maximum Gasteiger partial charge on any atom is 0.253 e. The van der Waals surface area contributed by atoms with E-state index in [4.69, 9.17) is 10.5 Å². The van der Waals surface area contributed by atoms with Crippen LogP contribution >= 0.6 is 0 Å². The van der Waals surface area contributed by atoms with Crippen molar-refractivity contribution in [3.8, 4) is 5.75 Å². The van der Waals surface area contributed by atoms with E-state index >= 15 is 0 Å². The van der Waals surface area contributed by atoms with Crippen molar-refractivity contribution in [3.63, 3.8) is 0 Å². The van der Waals surface area contributed by atoms with Crippen LogP contribution in [-0.4, -0.2) is 24.9 Å². The Balaban J connectivity index is 2.23. The van der Waals surface area contributed by atoms with Crippen molar-refractivity contribution in [2.75, 3.05) is 19.8 Å². The molecule has 110 valence electrons. The van der Waals surface area contributed by atoms with Crippen LogP contribution in [0.1, 0.15) is 28.9 Å². The predicted molar refractivity (Wildman–Crippen MR) is 84.4 cm³/mol. The second kappa shape index (κ2) is 6.31. The highest BCUT2D eigenvalue weighted by atomic mass is 16.5. The first-order chi connectivity index (χ1) is 9.99.